The van der Waals surface area contributed by atoms with Gasteiger partial charge in [0.05, 0.1) is 18.7 Å². The van der Waals surface area contributed by atoms with E-state index in [2.05, 4.69) is 27.3 Å². The summed E-state index contributed by atoms with van der Waals surface area (Å²) in [5.74, 6) is 6.25. The standard InChI is InChI=1S/C14H14N4O2/c1-10-17-13(20-18-10)9-16-14(19)12-7-3-2-5-11(12)6-4-8-15/h2-3,5,7H,8-9,15H2,1H3,(H,16,19). The SMILES string of the molecule is Cc1noc(CNC(=O)c2ccccc2C#CCN)n1. The highest BCUT2D eigenvalue weighted by molar-refractivity contribution is 5.96. The van der Waals surface area contributed by atoms with E-state index in [-0.39, 0.29) is 19.0 Å². The summed E-state index contributed by atoms with van der Waals surface area (Å²) in [4.78, 5) is 16.1. The van der Waals surface area contributed by atoms with Gasteiger partial charge in [-0.25, -0.2) is 0 Å². The van der Waals surface area contributed by atoms with Crippen LogP contribution in [-0.4, -0.2) is 22.6 Å². The number of rotatable bonds is 3. The van der Waals surface area contributed by atoms with Gasteiger partial charge in [-0.1, -0.05) is 29.1 Å². The minimum atomic E-state index is -0.247. The lowest BCUT2D eigenvalue weighted by Crippen LogP contribution is -2.23. The Bertz CT molecular complexity index is 667. The van der Waals surface area contributed by atoms with Crippen LogP contribution in [0, 0.1) is 18.8 Å². The first-order valence-electron chi connectivity index (χ1n) is 6.06. The summed E-state index contributed by atoms with van der Waals surface area (Å²) in [6, 6.07) is 7.07. The van der Waals surface area contributed by atoms with E-state index in [0.717, 1.165) is 0 Å². The molecule has 0 unspecified atom stereocenters. The Hall–Kier alpha value is -2.65. The van der Waals surface area contributed by atoms with Crippen LogP contribution in [0.2, 0.25) is 0 Å². The van der Waals surface area contributed by atoms with Crippen LogP contribution < -0.4 is 11.1 Å². The molecule has 20 heavy (non-hydrogen) atoms. The molecule has 0 aliphatic carbocycles. The molecule has 1 aromatic heterocycles. The van der Waals surface area contributed by atoms with Gasteiger partial charge < -0.3 is 15.6 Å². The van der Waals surface area contributed by atoms with Crippen molar-refractivity contribution in [2.45, 2.75) is 13.5 Å². The Labute approximate surface area is 116 Å². The Morgan fingerprint density at radius 1 is 1.45 bits per heavy atom. The zero-order chi connectivity index (χ0) is 14.4. The Morgan fingerprint density at radius 2 is 2.25 bits per heavy atom. The van der Waals surface area contributed by atoms with Gasteiger partial charge in [-0.3, -0.25) is 4.79 Å². The molecule has 2 aromatic rings. The average Bonchev–Trinajstić information content (AvgIpc) is 2.88. The molecule has 1 aromatic carbocycles. The fourth-order valence-corrected chi connectivity index (χ4v) is 1.60. The molecule has 1 amide bonds. The van der Waals surface area contributed by atoms with Gasteiger partial charge in [0.25, 0.3) is 5.91 Å². The summed E-state index contributed by atoms with van der Waals surface area (Å²) in [5.41, 5.74) is 6.46. The van der Waals surface area contributed by atoms with Crippen LogP contribution >= 0.6 is 0 Å². The average molecular weight is 270 g/mol. The zero-order valence-corrected chi connectivity index (χ0v) is 11.0. The van der Waals surface area contributed by atoms with Gasteiger partial charge in [0.2, 0.25) is 5.89 Å². The quantitative estimate of drug-likeness (QED) is 0.797. The van der Waals surface area contributed by atoms with Gasteiger partial charge in [-0.15, -0.1) is 0 Å². The molecule has 0 aliphatic heterocycles. The van der Waals surface area contributed by atoms with E-state index in [1.807, 2.05) is 6.07 Å². The Morgan fingerprint density at radius 3 is 2.95 bits per heavy atom. The zero-order valence-electron chi connectivity index (χ0n) is 11.0. The van der Waals surface area contributed by atoms with Crippen molar-refractivity contribution in [3.05, 3.63) is 47.1 Å². The predicted octanol–water partition coefficient (Wildman–Crippen LogP) is 0.618. The van der Waals surface area contributed by atoms with Gasteiger partial charge in [0.15, 0.2) is 5.82 Å². The van der Waals surface area contributed by atoms with E-state index in [0.29, 0.717) is 22.8 Å². The van der Waals surface area contributed by atoms with Crippen LogP contribution in [0.4, 0.5) is 0 Å². The summed E-state index contributed by atoms with van der Waals surface area (Å²) < 4.78 is 4.93. The van der Waals surface area contributed by atoms with Crippen molar-refractivity contribution in [3.8, 4) is 11.8 Å². The maximum absolute atomic E-state index is 12.1. The lowest BCUT2D eigenvalue weighted by molar-refractivity contribution is 0.0946. The van der Waals surface area contributed by atoms with Gasteiger partial charge in [-0.2, -0.15) is 4.98 Å². The van der Waals surface area contributed by atoms with Crippen LogP contribution in [0.25, 0.3) is 0 Å². The molecule has 6 nitrogen and oxygen atoms in total. The van der Waals surface area contributed by atoms with Crippen LogP contribution in [0.3, 0.4) is 0 Å². The van der Waals surface area contributed by atoms with Crippen LogP contribution in [0.5, 0.6) is 0 Å². The smallest absolute Gasteiger partial charge is 0.252 e. The number of hydrogen-bond donors (Lipinski definition) is 2. The molecular weight excluding hydrogens is 256 g/mol. The molecule has 2 rings (SSSR count). The van der Waals surface area contributed by atoms with E-state index in [9.17, 15) is 4.79 Å². The molecule has 0 aliphatic rings. The van der Waals surface area contributed by atoms with Gasteiger partial charge >= 0.3 is 0 Å². The minimum Gasteiger partial charge on any atom is -0.343 e. The highest BCUT2D eigenvalue weighted by atomic mass is 16.5. The van der Waals surface area contributed by atoms with Crippen molar-refractivity contribution in [2.75, 3.05) is 6.54 Å². The molecule has 0 fully saturated rings. The fourth-order valence-electron chi connectivity index (χ4n) is 1.60. The third kappa shape index (κ3) is 3.43. The van der Waals surface area contributed by atoms with Crippen LogP contribution in [-0.2, 0) is 6.54 Å². The fraction of sp³-hybridized carbons (Fsp3) is 0.214. The second-order valence-electron chi connectivity index (χ2n) is 3.97. The number of benzene rings is 1. The number of carbonyl (C=O) groups is 1. The Kier molecular flexibility index (Phi) is 4.47. The summed E-state index contributed by atoms with van der Waals surface area (Å²) in [6.45, 7) is 2.14. The third-order valence-corrected chi connectivity index (χ3v) is 2.47. The highest BCUT2D eigenvalue weighted by Crippen LogP contribution is 2.07. The first kappa shape index (κ1) is 13.8. The number of nitrogens with zero attached hydrogens (tertiary/aromatic N) is 2. The largest absolute Gasteiger partial charge is 0.343 e. The summed E-state index contributed by atoms with van der Waals surface area (Å²) >= 11 is 0. The van der Waals surface area contributed by atoms with E-state index in [1.54, 1.807) is 25.1 Å². The maximum atomic E-state index is 12.1. The van der Waals surface area contributed by atoms with E-state index in [4.69, 9.17) is 10.3 Å². The molecule has 0 spiro atoms. The number of carbonyl (C=O) groups excluding carboxylic acids is 1. The van der Waals surface area contributed by atoms with Crippen molar-refractivity contribution < 1.29 is 9.32 Å². The first-order valence-corrected chi connectivity index (χ1v) is 6.06. The lowest BCUT2D eigenvalue weighted by Gasteiger charge is -2.04. The van der Waals surface area contributed by atoms with Crippen molar-refractivity contribution in [2.24, 2.45) is 5.73 Å². The van der Waals surface area contributed by atoms with Crippen molar-refractivity contribution >= 4 is 5.91 Å². The highest BCUT2D eigenvalue weighted by Gasteiger charge is 2.11. The van der Waals surface area contributed by atoms with Crippen LogP contribution in [0.15, 0.2) is 28.8 Å². The molecule has 0 saturated carbocycles. The first-order chi connectivity index (χ1) is 9.70. The Balaban J connectivity index is 2.09. The minimum absolute atomic E-state index is 0.179. The summed E-state index contributed by atoms with van der Waals surface area (Å²) in [5, 5.41) is 6.36. The monoisotopic (exact) mass is 270 g/mol. The molecule has 0 radical (unpaired) electrons. The molecule has 0 bridgehead atoms. The van der Waals surface area contributed by atoms with Crippen LogP contribution in [0.1, 0.15) is 27.6 Å². The molecule has 6 heteroatoms. The normalized spacial score (nSPS) is 9.70. The van der Waals surface area contributed by atoms with E-state index < -0.39 is 0 Å². The number of amides is 1. The van der Waals surface area contributed by atoms with Crippen molar-refractivity contribution in [3.63, 3.8) is 0 Å². The number of aryl methyl sites for hydroxylation is 1. The molecule has 3 N–H and O–H groups in total. The van der Waals surface area contributed by atoms with Crippen molar-refractivity contribution in [1.29, 1.82) is 0 Å². The number of nitrogens with one attached hydrogen (secondary N) is 1. The van der Waals surface area contributed by atoms with Crippen molar-refractivity contribution in [1.82, 2.24) is 15.5 Å². The molecule has 0 saturated heterocycles. The van der Waals surface area contributed by atoms with E-state index in [1.165, 1.54) is 0 Å². The summed E-state index contributed by atoms with van der Waals surface area (Å²) in [6.07, 6.45) is 0. The molecule has 1 heterocycles. The number of hydrogen-bond acceptors (Lipinski definition) is 5. The molecule has 0 atom stereocenters. The molecule has 102 valence electrons. The predicted molar refractivity (Wildman–Crippen MR) is 72.6 cm³/mol. The van der Waals surface area contributed by atoms with Gasteiger partial charge in [-0.05, 0) is 19.1 Å². The maximum Gasteiger partial charge on any atom is 0.252 e. The second-order valence-corrected chi connectivity index (χ2v) is 3.97. The number of aromatic nitrogens is 2. The third-order valence-electron chi connectivity index (χ3n) is 2.47. The lowest BCUT2D eigenvalue weighted by atomic mass is 10.1. The topological polar surface area (TPSA) is 94.0 Å². The van der Waals surface area contributed by atoms with Gasteiger partial charge in [0, 0.05) is 5.56 Å². The van der Waals surface area contributed by atoms with Gasteiger partial charge in [0.1, 0.15) is 0 Å². The second kappa shape index (κ2) is 6.50. The van der Waals surface area contributed by atoms with E-state index >= 15 is 0 Å². The molecular formula is C14H14N4O2. The summed E-state index contributed by atoms with van der Waals surface area (Å²) in [7, 11) is 0. The number of nitrogens with two attached hydrogens (primary N) is 1.